The Hall–Kier alpha value is -1.40. The molecule has 0 heterocycles. The molecule has 2 aliphatic carbocycles. The molecule has 1 amide bonds. The van der Waals surface area contributed by atoms with Gasteiger partial charge in [-0.1, -0.05) is 18.6 Å². The van der Waals surface area contributed by atoms with Gasteiger partial charge in [-0.2, -0.15) is 0 Å². The van der Waals surface area contributed by atoms with Gasteiger partial charge in [0.15, 0.2) is 9.84 Å². The zero-order chi connectivity index (χ0) is 16.6. The van der Waals surface area contributed by atoms with Crippen LogP contribution in [0.4, 0.5) is 0 Å². The van der Waals surface area contributed by atoms with E-state index < -0.39 is 9.84 Å². The van der Waals surface area contributed by atoms with Crippen LogP contribution in [0.5, 0.6) is 0 Å². The van der Waals surface area contributed by atoms with Crippen LogP contribution in [0.1, 0.15) is 42.5 Å². The predicted octanol–water partition coefficient (Wildman–Crippen LogP) is 1.73. The third kappa shape index (κ3) is 3.43. The van der Waals surface area contributed by atoms with Gasteiger partial charge in [0.25, 0.3) is 5.91 Å². The Morgan fingerprint density at radius 3 is 2.39 bits per heavy atom. The van der Waals surface area contributed by atoms with Gasteiger partial charge in [-0.25, -0.2) is 8.42 Å². The van der Waals surface area contributed by atoms with Crippen molar-refractivity contribution in [3.8, 4) is 0 Å². The van der Waals surface area contributed by atoms with Crippen LogP contribution in [-0.4, -0.2) is 32.7 Å². The van der Waals surface area contributed by atoms with E-state index in [4.69, 9.17) is 5.73 Å². The van der Waals surface area contributed by atoms with Gasteiger partial charge in [0.1, 0.15) is 0 Å². The number of nitrogens with one attached hydrogen (secondary N) is 1. The number of carbonyl (C=O) groups is 1. The van der Waals surface area contributed by atoms with Gasteiger partial charge < -0.3 is 11.1 Å². The summed E-state index contributed by atoms with van der Waals surface area (Å²) in [5.74, 6) is 0.530. The molecule has 0 saturated heterocycles. The number of rotatable bonds is 3. The Morgan fingerprint density at radius 1 is 1.17 bits per heavy atom. The molecule has 5 nitrogen and oxygen atoms in total. The molecule has 2 unspecified atom stereocenters. The molecule has 2 fully saturated rings. The molecular weight excluding hydrogens is 312 g/mol. The van der Waals surface area contributed by atoms with E-state index in [-0.39, 0.29) is 28.4 Å². The van der Waals surface area contributed by atoms with E-state index in [0.717, 1.165) is 31.9 Å². The summed E-state index contributed by atoms with van der Waals surface area (Å²) in [6.45, 7) is 0. The van der Waals surface area contributed by atoms with Gasteiger partial charge >= 0.3 is 0 Å². The van der Waals surface area contributed by atoms with Crippen LogP contribution >= 0.6 is 0 Å². The minimum absolute atomic E-state index is 0.0928. The van der Waals surface area contributed by atoms with E-state index >= 15 is 0 Å². The Bertz CT molecular complexity index is 688. The number of benzene rings is 1. The van der Waals surface area contributed by atoms with Crippen LogP contribution < -0.4 is 11.1 Å². The second kappa shape index (κ2) is 6.24. The van der Waals surface area contributed by atoms with Gasteiger partial charge in [0, 0.05) is 18.3 Å². The number of sulfone groups is 1. The third-order valence-electron chi connectivity index (χ3n) is 5.21. The van der Waals surface area contributed by atoms with Gasteiger partial charge in [-0.15, -0.1) is 0 Å². The number of fused-ring (bicyclic) bond motifs is 2. The van der Waals surface area contributed by atoms with Crippen molar-refractivity contribution in [2.24, 2.45) is 17.6 Å². The maximum absolute atomic E-state index is 12.7. The minimum atomic E-state index is -3.43. The van der Waals surface area contributed by atoms with Crippen molar-refractivity contribution in [1.29, 1.82) is 0 Å². The number of carbonyl (C=O) groups excluding carboxylic acids is 1. The van der Waals surface area contributed by atoms with Crippen LogP contribution in [0.15, 0.2) is 29.2 Å². The number of hydrogen-bond donors (Lipinski definition) is 2. The second-order valence-electron chi connectivity index (χ2n) is 6.95. The minimum Gasteiger partial charge on any atom is -0.349 e. The molecule has 23 heavy (non-hydrogen) atoms. The molecule has 126 valence electrons. The first-order valence-corrected chi connectivity index (χ1v) is 10.1. The first-order valence-electron chi connectivity index (χ1n) is 8.22. The molecule has 2 aliphatic rings. The molecule has 1 aromatic rings. The Morgan fingerprint density at radius 2 is 1.78 bits per heavy atom. The average Bonchev–Trinajstić information content (AvgIpc) is 2.47. The largest absolute Gasteiger partial charge is 0.349 e. The average molecular weight is 336 g/mol. The standard InChI is InChI=1S/C17H24N2O3S/c1-23(21,22)15-8-3-2-7-14(15)17(20)19-16-11-5-4-6-12(16)10-13(18)9-11/h2-3,7-8,11-13,16H,4-6,9-10,18H2,1H3,(H,19,20). The number of hydrogen-bond acceptors (Lipinski definition) is 4. The van der Waals surface area contributed by atoms with E-state index in [1.807, 2.05) is 0 Å². The SMILES string of the molecule is CS(=O)(=O)c1ccccc1C(=O)NC1C2CCCC1CC(N)C2. The maximum Gasteiger partial charge on any atom is 0.252 e. The Labute approximate surface area is 137 Å². The first-order chi connectivity index (χ1) is 10.9. The zero-order valence-corrected chi connectivity index (χ0v) is 14.2. The normalized spacial score (nSPS) is 30.7. The van der Waals surface area contributed by atoms with Crippen LogP contribution in [0, 0.1) is 11.8 Å². The highest BCUT2D eigenvalue weighted by atomic mass is 32.2. The summed E-state index contributed by atoms with van der Waals surface area (Å²) in [5, 5.41) is 3.11. The molecule has 0 aromatic heterocycles. The third-order valence-corrected chi connectivity index (χ3v) is 6.36. The molecule has 2 saturated carbocycles. The fraction of sp³-hybridized carbons (Fsp3) is 0.588. The smallest absolute Gasteiger partial charge is 0.252 e. The van der Waals surface area contributed by atoms with Crippen LogP contribution in [-0.2, 0) is 9.84 Å². The van der Waals surface area contributed by atoms with Crippen LogP contribution in [0.3, 0.4) is 0 Å². The monoisotopic (exact) mass is 336 g/mol. The van der Waals surface area contributed by atoms with Gasteiger partial charge in [0.05, 0.1) is 10.5 Å². The van der Waals surface area contributed by atoms with Gasteiger partial charge in [-0.3, -0.25) is 4.79 Å². The van der Waals surface area contributed by atoms with E-state index in [9.17, 15) is 13.2 Å². The van der Waals surface area contributed by atoms with Crippen LogP contribution in [0.25, 0.3) is 0 Å². The van der Waals surface area contributed by atoms with Crippen LogP contribution in [0.2, 0.25) is 0 Å². The van der Waals surface area contributed by atoms with Crippen molar-refractivity contribution in [3.05, 3.63) is 29.8 Å². The molecule has 6 heteroatoms. The van der Waals surface area contributed by atoms with E-state index in [2.05, 4.69) is 5.32 Å². The second-order valence-corrected chi connectivity index (χ2v) is 8.93. The summed E-state index contributed by atoms with van der Waals surface area (Å²) in [7, 11) is -3.43. The summed E-state index contributed by atoms with van der Waals surface area (Å²) >= 11 is 0. The maximum atomic E-state index is 12.7. The fourth-order valence-electron chi connectivity index (χ4n) is 4.23. The van der Waals surface area contributed by atoms with Gasteiger partial charge in [-0.05, 0) is 49.7 Å². The highest BCUT2D eigenvalue weighted by molar-refractivity contribution is 7.90. The summed E-state index contributed by atoms with van der Waals surface area (Å²) < 4.78 is 23.8. The molecule has 3 rings (SSSR count). The van der Waals surface area contributed by atoms with Crippen molar-refractivity contribution < 1.29 is 13.2 Å². The Balaban J connectivity index is 1.83. The van der Waals surface area contributed by atoms with Gasteiger partial charge in [0.2, 0.25) is 0 Å². The predicted molar refractivity (Wildman–Crippen MR) is 88.8 cm³/mol. The molecule has 2 bridgehead atoms. The molecule has 0 aliphatic heterocycles. The highest BCUT2D eigenvalue weighted by Crippen LogP contribution is 2.39. The lowest BCUT2D eigenvalue weighted by Crippen LogP contribution is -2.53. The van der Waals surface area contributed by atoms with Crippen molar-refractivity contribution in [2.45, 2.75) is 49.1 Å². The lowest BCUT2D eigenvalue weighted by molar-refractivity contribution is 0.0753. The zero-order valence-electron chi connectivity index (χ0n) is 13.4. The molecule has 0 spiro atoms. The topological polar surface area (TPSA) is 89.3 Å². The molecule has 0 radical (unpaired) electrons. The lowest BCUT2D eigenvalue weighted by Gasteiger charge is -2.45. The van der Waals surface area contributed by atoms with E-state index in [0.29, 0.717) is 11.8 Å². The Kier molecular flexibility index (Phi) is 4.47. The molecule has 2 atom stereocenters. The number of amides is 1. The summed E-state index contributed by atoms with van der Waals surface area (Å²) in [6.07, 6.45) is 6.37. The van der Waals surface area contributed by atoms with E-state index in [1.165, 1.54) is 12.5 Å². The highest BCUT2D eigenvalue weighted by Gasteiger charge is 2.40. The van der Waals surface area contributed by atoms with Crippen molar-refractivity contribution in [3.63, 3.8) is 0 Å². The first kappa shape index (κ1) is 16.5. The van der Waals surface area contributed by atoms with E-state index in [1.54, 1.807) is 18.2 Å². The number of nitrogens with two attached hydrogens (primary N) is 1. The van der Waals surface area contributed by atoms with Crippen molar-refractivity contribution in [1.82, 2.24) is 5.32 Å². The molecule has 3 N–H and O–H groups in total. The summed E-state index contributed by atoms with van der Waals surface area (Å²) in [4.78, 5) is 12.8. The van der Waals surface area contributed by atoms with Crippen molar-refractivity contribution in [2.75, 3.05) is 6.26 Å². The quantitative estimate of drug-likeness (QED) is 0.879. The van der Waals surface area contributed by atoms with Crippen molar-refractivity contribution >= 4 is 15.7 Å². The summed E-state index contributed by atoms with van der Waals surface area (Å²) in [5.41, 5.74) is 6.36. The molecular formula is C17H24N2O3S. The summed E-state index contributed by atoms with van der Waals surface area (Å²) in [6, 6.07) is 6.74. The molecule has 1 aromatic carbocycles. The fourth-order valence-corrected chi connectivity index (χ4v) is 5.12. The lowest BCUT2D eigenvalue weighted by atomic mass is 9.67.